The average Bonchev–Trinajstić information content (AvgIpc) is 2.85. The van der Waals surface area contributed by atoms with Crippen molar-refractivity contribution in [3.05, 3.63) is 57.9 Å². The zero-order chi connectivity index (χ0) is 19.1. The Kier molecular flexibility index (Phi) is 6.97. The van der Waals surface area contributed by atoms with Crippen LogP contribution in [0.2, 0.25) is 5.02 Å². The van der Waals surface area contributed by atoms with Gasteiger partial charge in [0, 0.05) is 42.4 Å². The molecule has 1 heterocycles. The van der Waals surface area contributed by atoms with Gasteiger partial charge in [-0.05, 0) is 31.6 Å². The zero-order valence-corrected chi connectivity index (χ0v) is 15.9. The van der Waals surface area contributed by atoms with E-state index >= 15 is 0 Å². The fraction of sp³-hybridized carbons (Fsp3) is 0.316. The van der Waals surface area contributed by atoms with Gasteiger partial charge >= 0.3 is 0 Å². The summed E-state index contributed by atoms with van der Waals surface area (Å²) in [5.41, 5.74) is 3.71. The van der Waals surface area contributed by atoms with Gasteiger partial charge in [0.1, 0.15) is 0 Å². The van der Waals surface area contributed by atoms with Crippen LogP contribution in [0.4, 0.5) is 0 Å². The molecule has 2 N–H and O–H groups in total. The number of carbonyl (C=O) groups excluding carboxylic acids is 2. The van der Waals surface area contributed by atoms with Crippen LogP contribution >= 0.6 is 11.6 Å². The Morgan fingerprint density at radius 3 is 2.58 bits per heavy atom. The molecule has 2 rings (SSSR count). The van der Waals surface area contributed by atoms with Crippen LogP contribution < -0.4 is 10.6 Å². The number of benzene rings is 1. The number of aryl methyl sites for hydroxylation is 1. The van der Waals surface area contributed by atoms with Gasteiger partial charge in [0.2, 0.25) is 11.8 Å². The molecule has 0 spiro atoms. The molecule has 138 valence electrons. The van der Waals surface area contributed by atoms with Gasteiger partial charge < -0.3 is 10.6 Å². The number of aromatic nitrogens is 2. The third-order valence-electron chi connectivity index (χ3n) is 3.91. The fourth-order valence-electron chi connectivity index (χ4n) is 2.54. The first kappa shape index (κ1) is 19.7. The van der Waals surface area contributed by atoms with Crippen molar-refractivity contribution in [2.75, 3.05) is 13.1 Å². The summed E-state index contributed by atoms with van der Waals surface area (Å²) in [5.74, 6) is -0.333. The maximum atomic E-state index is 11.9. The van der Waals surface area contributed by atoms with Crippen LogP contribution in [-0.4, -0.2) is 34.7 Å². The molecule has 26 heavy (non-hydrogen) atoms. The molecule has 2 amide bonds. The molecule has 0 atom stereocenters. The molecule has 0 aliphatic carbocycles. The number of hydrogen-bond donors (Lipinski definition) is 2. The van der Waals surface area contributed by atoms with Crippen LogP contribution in [0.1, 0.15) is 29.4 Å². The largest absolute Gasteiger partial charge is 0.355 e. The summed E-state index contributed by atoms with van der Waals surface area (Å²) in [6.07, 6.45) is 3.24. The Bertz CT molecular complexity index is 827. The van der Waals surface area contributed by atoms with Gasteiger partial charge in [-0.1, -0.05) is 29.8 Å². The summed E-state index contributed by atoms with van der Waals surface area (Å²) in [7, 11) is 0. The number of hydrogen-bond acceptors (Lipinski definition) is 3. The summed E-state index contributed by atoms with van der Waals surface area (Å²) in [6, 6.07) is 7.66. The van der Waals surface area contributed by atoms with Crippen molar-refractivity contribution in [2.45, 2.75) is 27.3 Å². The summed E-state index contributed by atoms with van der Waals surface area (Å²) >= 11 is 6.22. The molecule has 1 aromatic heterocycles. The molecule has 0 saturated heterocycles. The van der Waals surface area contributed by atoms with E-state index in [-0.39, 0.29) is 11.8 Å². The minimum atomic E-state index is -0.215. The highest BCUT2D eigenvalue weighted by molar-refractivity contribution is 6.31. The molecule has 0 fully saturated rings. The van der Waals surface area contributed by atoms with E-state index in [2.05, 4.69) is 15.7 Å². The maximum absolute atomic E-state index is 11.9. The van der Waals surface area contributed by atoms with Crippen LogP contribution in [0.25, 0.3) is 6.08 Å². The van der Waals surface area contributed by atoms with E-state index in [0.29, 0.717) is 24.7 Å². The monoisotopic (exact) mass is 374 g/mol. The lowest BCUT2D eigenvalue weighted by Crippen LogP contribution is -2.32. The highest BCUT2D eigenvalue weighted by Gasteiger charge is 2.11. The van der Waals surface area contributed by atoms with Gasteiger partial charge in [-0.2, -0.15) is 5.10 Å². The van der Waals surface area contributed by atoms with Crippen LogP contribution in [0.3, 0.4) is 0 Å². The topological polar surface area (TPSA) is 76.0 Å². The second-order valence-corrected chi connectivity index (χ2v) is 6.35. The van der Waals surface area contributed by atoms with Crippen molar-refractivity contribution in [1.29, 1.82) is 0 Å². The first-order chi connectivity index (χ1) is 12.4. The molecule has 7 heteroatoms. The normalized spacial score (nSPS) is 10.9. The van der Waals surface area contributed by atoms with E-state index in [1.807, 2.05) is 42.8 Å². The highest BCUT2D eigenvalue weighted by atomic mass is 35.5. The lowest BCUT2D eigenvalue weighted by atomic mass is 10.1. The van der Waals surface area contributed by atoms with Crippen molar-refractivity contribution in [3.63, 3.8) is 0 Å². The van der Waals surface area contributed by atoms with Gasteiger partial charge in [-0.25, -0.2) is 0 Å². The molecule has 2 aromatic rings. The summed E-state index contributed by atoms with van der Waals surface area (Å²) in [6.45, 7) is 6.67. The molecule has 0 unspecified atom stereocenters. The first-order valence-electron chi connectivity index (χ1n) is 8.36. The van der Waals surface area contributed by atoms with Crippen LogP contribution in [-0.2, 0) is 16.1 Å². The Balaban J connectivity index is 2.02. The third-order valence-corrected chi connectivity index (χ3v) is 4.28. The van der Waals surface area contributed by atoms with Crippen molar-refractivity contribution in [1.82, 2.24) is 20.4 Å². The molecule has 0 bridgehead atoms. The second kappa shape index (κ2) is 9.20. The van der Waals surface area contributed by atoms with E-state index in [4.69, 9.17) is 11.6 Å². The van der Waals surface area contributed by atoms with Gasteiger partial charge in [0.05, 0.1) is 12.2 Å². The number of nitrogens with zero attached hydrogens (tertiary/aromatic N) is 2. The maximum Gasteiger partial charge on any atom is 0.244 e. The first-order valence-corrected chi connectivity index (χ1v) is 8.74. The predicted octanol–water partition coefficient (Wildman–Crippen LogP) is 2.47. The quantitative estimate of drug-likeness (QED) is 0.577. The molecule has 0 radical (unpaired) electrons. The average molecular weight is 375 g/mol. The summed E-state index contributed by atoms with van der Waals surface area (Å²) < 4.78 is 1.88. The molecule has 0 aliphatic rings. The SMILES string of the molecule is CC(=O)NCCNC(=O)/C=C/c1c(C)nn(Cc2ccccc2Cl)c1C. The lowest BCUT2D eigenvalue weighted by Gasteiger charge is -2.06. The lowest BCUT2D eigenvalue weighted by molar-refractivity contribution is -0.119. The Labute approximate surface area is 158 Å². The van der Waals surface area contributed by atoms with E-state index in [0.717, 1.165) is 22.5 Å². The number of amides is 2. The van der Waals surface area contributed by atoms with Crippen molar-refractivity contribution < 1.29 is 9.59 Å². The second-order valence-electron chi connectivity index (χ2n) is 5.94. The number of rotatable bonds is 7. The summed E-state index contributed by atoms with van der Waals surface area (Å²) in [5, 5.41) is 10.6. The molecule has 1 aromatic carbocycles. The Morgan fingerprint density at radius 1 is 1.19 bits per heavy atom. The van der Waals surface area contributed by atoms with Crippen molar-refractivity contribution >= 4 is 29.5 Å². The molecular weight excluding hydrogens is 352 g/mol. The minimum absolute atomic E-state index is 0.119. The third kappa shape index (κ3) is 5.46. The summed E-state index contributed by atoms with van der Waals surface area (Å²) in [4.78, 5) is 22.6. The smallest absolute Gasteiger partial charge is 0.244 e. The molecule has 0 aliphatic heterocycles. The fourth-order valence-corrected chi connectivity index (χ4v) is 2.73. The number of nitrogens with one attached hydrogen (secondary N) is 2. The van der Waals surface area contributed by atoms with Crippen molar-refractivity contribution in [3.8, 4) is 0 Å². The Morgan fingerprint density at radius 2 is 1.88 bits per heavy atom. The minimum Gasteiger partial charge on any atom is -0.355 e. The van der Waals surface area contributed by atoms with Crippen LogP contribution in [0, 0.1) is 13.8 Å². The standard InChI is InChI=1S/C19H23ClN4O2/c1-13-17(8-9-19(26)22-11-10-21-15(3)25)14(2)24(23-13)12-16-6-4-5-7-18(16)20/h4-9H,10-12H2,1-3H3,(H,21,25)(H,22,26)/b9-8+. The van der Waals surface area contributed by atoms with Gasteiger partial charge in [0.25, 0.3) is 0 Å². The number of carbonyl (C=O) groups is 2. The van der Waals surface area contributed by atoms with Gasteiger partial charge in [-0.15, -0.1) is 0 Å². The van der Waals surface area contributed by atoms with Gasteiger partial charge in [-0.3, -0.25) is 14.3 Å². The van der Waals surface area contributed by atoms with E-state index in [9.17, 15) is 9.59 Å². The zero-order valence-electron chi connectivity index (χ0n) is 15.2. The molecule has 6 nitrogen and oxygen atoms in total. The van der Waals surface area contributed by atoms with Crippen LogP contribution in [0.15, 0.2) is 30.3 Å². The van der Waals surface area contributed by atoms with Crippen molar-refractivity contribution in [2.24, 2.45) is 0 Å². The van der Waals surface area contributed by atoms with E-state index < -0.39 is 0 Å². The van der Waals surface area contributed by atoms with Crippen LogP contribution in [0.5, 0.6) is 0 Å². The predicted molar refractivity (Wildman–Crippen MR) is 103 cm³/mol. The van der Waals surface area contributed by atoms with E-state index in [1.165, 1.54) is 13.0 Å². The Hall–Kier alpha value is -2.60. The number of halogens is 1. The molecule has 0 saturated carbocycles. The molecular formula is C19H23ClN4O2. The highest BCUT2D eigenvalue weighted by Crippen LogP contribution is 2.20. The van der Waals surface area contributed by atoms with Gasteiger partial charge in [0.15, 0.2) is 0 Å². The van der Waals surface area contributed by atoms with E-state index in [1.54, 1.807) is 6.08 Å².